The van der Waals surface area contributed by atoms with Crippen LogP contribution in [0.15, 0.2) is 36.5 Å². The number of fused-ring (bicyclic) bond motifs is 1. The van der Waals surface area contributed by atoms with Gasteiger partial charge in [0.2, 0.25) is 0 Å². The predicted octanol–water partition coefficient (Wildman–Crippen LogP) is 2.96. The lowest BCUT2D eigenvalue weighted by molar-refractivity contribution is -0.0991. The number of pyridine rings is 1. The lowest BCUT2D eigenvalue weighted by Crippen LogP contribution is -2.38. The van der Waals surface area contributed by atoms with Gasteiger partial charge in [0.05, 0.1) is 11.1 Å². The molecule has 1 saturated carbocycles. The molecule has 2 N–H and O–H groups in total. The summed E-state index contributed by atoms with van der Waals surface area (Å²) in [5.74, 6) is 0. The molecule has 3 heteroatoms. The van der Waals surface area contributed by atoms with Crippen LogP contribution in [0.2, 0.25) is 0 Å². The SMILES string of the molecule is OC(c1ccc2cccnc2c1)C1(O)CCCCC1. The van der Waals surface area contributed by atoms with Crippen molar-refractivity contribution in [3.8, 4) is 0 Å². The third-order valence-corrected chi connectivity index (χ3v) is 4.17. The molecule has 0 spiro atoms. The number of hydrogen-bond donors (Lipinski definition) is 2. The van der Waals surface area contributed by atoms with Crippen LogP contribution < -0.4 is 0 Å². The second-order valence-electron chi connectivity index (χ2n) is 5.52. The number of rotatable bonds is 2. The summed E-state index contributed by atoms with van der Waals surface area (Å²) in [6.07, 6.45) is 5.39. The number of benzene rings is 1. The van der Waals surface area contributed by atoms with E-state index < -0.39 is 11.7 Å². The predicted molar refractivity (Wildman–Crippen MR) is 74.7 cm³/mol. The highest BCUT2D eigenvalue weighted by Gasteiger charge is 2.37. The van der Waals surface area contributed by atoms with Crippen molar-refractivity contribution in [2.45, 2.75) is 43.8 Å². The Bertz CT molecular complexity index is 576. The molecule has 19 heavy (non-hydrogen) atoms. The van der Waals surface area contributed by atoms with Crippen molar-refractivity contribution < 1.29 is 10.2 Å². The smallest absolute Gasteiger partial charge is 0.108 e. The van der Waals surface area contributed by atoms with Crippen LogP contribution in [0, 0.1) is 0 Å². The molecular weight excluding hydrogens is 238 g/mol. The summed E-state index contributed by atoms with van der Waals surface area (Å²) in [5, 5.41) is 22.1. The van der Waals surface area contributed by atoms with E-state index in [1.165, 1.54) is 0 Å². The topological polar surface area (TPSA) is 53.4 Å². The van der Waals surface area contributed by atoms with Crippen LogP contribution in [0.4, 0.5) is 0 Å². The number of aliphatic hydroxyl groups is 2. The molecule has 3 rings (SSSR count). The monoisotopic (exact) mass is 257 g/mol. The molecule has 1 heterocycles. The summed E-state index contributed by atoms with van der Waals surface area (Å²) in [6, 6.07) is 9.61. The fraction of sp³-hybridized carbons (Fsp3) is 0.438. The lowest BCUT2D eigenvalue weighted by Gasteiger charge is -2.36. The molecule has 1 aliphatic carbocycles. The van der Waals surface area contributed by atoms with E-state index in [1.54, 1.807) is 6.20 Å². The van der Waals surface area contributed by atoms with Crippen LogP contribution >= 0.6 is 0 Å². The minimum atomic E-state index is -0.972. The Morgan fingerprint density at radius 1 is 1.11 bits per heavy atom. The Balaban J connectivity index is 1.94. The van der Waals surface area contributed by atoms with E-state index in [-0.39, 0.29) is 0 Å². The third kappa shape index (κ3) is 2.36. The molecule has 1 fully saturated rings. The maximum Gasteiger partial charge on any atom is 0.108 e. The van der Waals surface area contributed by atoms with Crippen molar-refractivity contribution in [2.24, 2.45) is 0 Å². The van der Waals surface area contributed by atoms with E-state index in [9.17, 15) is 10.2 Å². The molecule has 0 amide bonds. The van der Waals surface area contributed by atoms with Gasteiger partial charge in [-0.15, -0.1) is 0 Å². The Labute approximate surface area is 112 Å². The third-order valence-electron chi connectivity index (χ3n) is 4.17. The summed E-state index contributed by atoms with van der Waals surface area (Å²) in [6.45, 7) is 0. The summed E-state index contributed by atoms with van der Waals surface area (Å²) in [7, 11) is 0. The fourth-order valence-corrected chi connectivity index (χ4v) is 3.00. The highest BCUT2D eigenvalue weighted by atomic mass is 16.3. The molecule has 0 aliphatic heterocycles. The van der Waals surface area contributed by atoms with Crippen LogP contribution in [-0.4, -0.2) is 20.8 Å². The lowest BCUT2D eigenvalue weighted by atomic mass is 9.78. The molecule has 0 radical (unpaired) electrons. The van der Waals surface area contributed by atoms with Crippen LogP contribution in [-0.2, 0) is 0 Å². The van der Waals surface area contributed by atoms with Crippen molar-refractivity contribution in [3.05, 3.63) is 42.1 Å². The first kappa shape index (κ1) is 12.6. The average Bonchev–Trinajstić information content (AvgIpc) is 2.47. The van der Waals surface area contributed by atoms with E-state index in [1.807, 2.05) is 30.3 Å². The molecule has 3 nitrogen and oxygen atoms in total. The summed E-state index contributed by atoms with van der Waals surface area (Å²) >= 11 is 0. The average molecular weight is 257 g/mol. The summed E-state index contributed by atoms with van der Waals surface area (Å²) in [4.78, 5) is 4.30. The maximum atomic E-state index is 10.6. The summed E-state index contributed by atoms with van der Waals surface area (Å²) < 4.78 is 0. The normalized spacial score (nSPS) is 20.3. The van der Waals surface area contributed by atoms with Gasteiger partial charge < -0.3 is 10.2 Å². The van der Waals surface area contributed by atoms with Gasteiger partial charge in [0, 0.05) is 11.6 Å². The van der Waals surface area contributed by atoms with Gasteiger partial charge >= 0.3 is 0 Å². The van der Waals surface area contributed by atoms with Crippen molar-refractivity contribution in [1.29, 1.82) is 0 Å². The molecule has 1 atom stereocenters. The molecule has 1 aromatic carbocycles. The van der Waals surface area contributed by atoms with Gasteiger partial charge in [-0.25, -0.2) is 0 Å². The van der Waals surface area contributed by atoms with Gasteiger partial charge in [0.1, 0.15) is 6.10 Å². The number of aliphatic hydroxyl groups excluding tert-OH is 1. The maximum absolute atomic E-state index is 10.6. The second-order valence-corrected chi connectivity index (χ2v) is 5.52. The van der Waals surface area contributed by atoms with Gasteiger partial charge in [-0.2, -0.15) is 0 Å². The Hall–Kier alpha value is -1.45. The van der Waals surface area contributed by atoms with E-state index in [0.717, 1.165) is 35.7 Å². The van der Waals surface area contributed by atoms with Gasteiger partial charge in [-0.05, 0) is 30.5 Å². The minimum absolute atomic E-state index is 0.675. The molecule has 1 aliphatic rings. The Kier molecular flexibility index (Phi) is 3.25. The molecule has 0 bridgehead atoms. The van der Waals surface area contributed by atoms with Gasteiger partial charge in [0.25, 0.3) is 0 Å². The fourth-order valence-electron chi connectivity index (χ4n) is 3.00. The van der Waals surface area contributed by atoms with Gasteiger partial charge in [-0.3, -0.25) is 4.98 Å². The van der Waals surface area contributed by atoms with Crippen molar-refractivity contribution in [2.75, 3.05) is 0 Å². The number of hydrogen-bond acceptors (Lipinski definition) is 3. The van der Waals surface area contributed by atoms with Gasteiger partial charge in [0.15, 0.2) is 0 Å². The first-order valence-corrected chi connectivity index (χ1v) is 6.94. The van der Waals surface area contributed by atoms with E-state index >= 15 is 0 Å². The number of aromatic nitrogens is 1. The molecule has 1 unspecified atom stereocenters. The van der Waals surface area contributed by atoms with E-state index in [4.69, 9.17) is 0 Å². The van der Waals surface area contributed by atoms with Crippen molar-refractivity contribution in [1.82, 2.24) is 4.98 Å². The highest BCUT2D eigenvalue weighted by molar-refractivity contribution is 5.78. The minimum Gasteiger partial charge on any atom is -0.387 e. The molecule has 1 aromatic heterocycles. The highest BCUT2D eigenvalue weighted by Crippen LogP contribution is 2.38. The van der Waals surface area contributed by atoms with Crippen LogP contribution in [0.25, 0.3) is 10.9 Å². The standard InChI is InChI=1S/C16H19NO2/c18-15(16(19)8-2-1-3-9-16)13-7-6-12-5-4-10-17-14(12)11-13/h4-7,10-11,15,18-19H,1-3,8-9H2. The quantitative estimate of drug-likeness (QED) is 0.869. The first-order chi connectivity index (χ1) is 9.19. The van der Waals surface area contributed by atoms with Crippen LogP contribution in [0.1, 0.15) is 43.8 Å². The van der Waals surface area contributed by atoms with Crippen LogP contribution in [0.3, 0.4) is 0 Å². The second kappa shape index (κ2) is 4.91. The van der Waals surface area contributed by atoms with Crippen molar-refractivity contribution >= 4 is 10.9 Å². The Morgan fingerprint density at radius 3 is 2.68 bits per heavy atom. The van der Waals surface area contributed by atoms with E-state index in [2.05, 4.69) is 4.98 Å². The zero-order chi connectivity index (χ0) is 13.3. The molecule has 2 aromatic rings. The Morgan fingerprint density at radius 2 is 1.89 bits per heavy atom. The van der Waals surface area contributed by atoms with Crippen molar-refractivity contribution in [3.63, 3.8) is 0 Å². The number of nitrogens with zero attached hydrogens (tertiary/aromatic N) is 1. The largest absolute Gasteiger partial charge is 0.387 e. The molecular formula is C16H19NO2. The zero-order valence-electron chi connectivity index (χ0n) is 10.9. The zero-order valence-corrected chi connectivity index (χ0v) is 10.9. The molecule has 0 saturated heterocycles. The first-order valence-electron chi connectivity index (χ1n) is 6.94. The van der Waals surface area contributed by atoms with Crippen LogP contribution in [0.5, 0.6) is 0 Å². The van der Waals surface area contributed by atoms with Gasteiger partial charge in [-0.1, -0.05) is 37.5 Å². The summed E-state index contributed by atoms with van der Waals surface area (Å²) in [5.41, 5.74) is 0.648. The molecule has 100 valence electrons. The van der Waals surface area contributed by atoms with E-state index in [0.29, 0.717) is 12.8 Å².